The van der Waals surface area contributed by atoms with E-state index in [0.717, 1.165) is 42.3 Å². The van der Waals surface area contributed by atoms with Crippen LogP contribution in [0.15, 0.2) is 48.7 Å². The Bertz CT molecular complexity index is 1070. The number of halogens is 2. The van der Waals surface area contributed by atoms with Crippen molar-refractivity contribution in [2.75, 3.05) is 12.4 Å². The summed E-state index contributed by atoms with van der Waals surface area (Å²) in [5.74, 6) is -0.669. The molecule has 156 valence electrons. The van der Waals surface area contributed by atoms with Gasteiger partial charge in [0, 0.05) is 39.9 Å². The van der Waals surface area contributed by atoms with Crippen molar-refractivity contribution in [3.63, 3.8) is 0 Å². The molecule has 1 fully saturated rings. The molecule has 0 saturated heterocycles. The molecule has 7 heteroatoms. The molecule has 30 heavy (non-hydrogen) atoms. The molecule has 0 bridgehead atoms. The van der Waals surface area contributed by atoms with Crippen LogP contribution in [0.2, 0.25) is 5.02 Å². The van der Waals surface area contributed by atoms with Gasteiger partial charge in [-0.3, -0.25) is 9.78 Å². The van der Waals surface area contributed by atoms with Crippen LogP contribution >= 0.6 is 11.6 Å². The number of hydrogen-bond acceptors (Lipinski definition) is 4. The van der Waals surface area contributed by atoms with Gasteiger partial charge in [-0.05, 0) is 68.1 Å². The number of nitrogens with zero attached hydrogens (tertiary/aromatic N) is 1. The van der Waals surface area contributed by atoms with Gasteiger partial charge >= 0.3 is 0 Å². The summed E-state index contributed by atoms with van der Waals surface area (Å²) < 4.78 is 18.8. The molecule has 0 unspecified atom stereocenters. The SMILES string of the molecule is COc1ccc(C(=O)N[C@H]2CC[C@@H](Nc3ccnc4cc(Cl)ccc34)CC2)cc1F. The highest BCUT2D eigenvalue weighted by Gasteiger charge is 2.23. The maximum Gasteiger partial charge on any atom is 0.251 e. The van der Waals surface area contributed by atoms with E-state index in [4.69, 9.17) is 16.3 Å². The molecule has 1 aliphatic carbocycles. The number of fused-ring (bicyclic) bond motifs is 1. The molecule has 1 heterocycles. The van der Waals surface area contributed by atoms with Crippen LogP contribution in [0.25, 0.3) is 10.9 Å². The van der Waals surface area contributed by atoms with E-state index in [1.54, 1.807) is 12.3 Å². The predicted octanol–water partition coefficient (Wildman–Crippen LogP) is 5.19. The number of carbonyl (C=O) groups is 1. The lowest BCUT2D eigenvalue weighted by Gasteiger charge is -2.30. The highest BCUT2D eigenvalue weighted by atomic mass is 35.5. The highest BCUT2D eigenvalue weighted by Crippen LogP contribution is 2.28. The maximum atomic E-state index is 13.9. The van der Waals surface area contributed by atoms with E-state index in [2.05, 4.69) is 15.6 Å². The Balaban J connectivity index is 1.34. The van der Waals surface area contributed by atoms with Crippen molar-refractivity contribution in [1.82, 2.24) is 10.3 Å². The largest absolute Gasteiger partial charge is 0.494 e. The second kappa shape index (κ2) is 8.88. The number of nitrogens with one attached hydrogen (secondary N) is 2. The first-order chi connectivity index (χ1) is 14.5. The molecule has 0 spiro atoms. The predicted molar refractivity (Wildman–Crippen MR) is 117 cm³/mol. The lowest BCUT2D eigenvalue weighted by atomic mass is 9.90. The van der Waals surface area contributed by atoms with E-state index < -0.39 is 5.82 Å². The third kappa shape index (κ3) is 4.49. The first kappa shape index (κ1) is 20.4. The van der Waals surface area contributed by atoms with Crippen molar-refractivity contribution in [2.24, 2.45) is 0 Å². The summed E-state index contributed by atoms with van der Waals surface area (Å²) in [6.45, 7) is 0. The van der Waals surface area contributed by atoms with Gasteiger partial charge in [-0.1, -0.05) is 11.6 Å². The van der Waals surface area contributed by atoms with Gasteiger partial charge in [0.15, 0.2) is 11.6 Å². The van der Waals surface area contributed by atoms with Crippen LogP contribution in [-0.4, -0.2) is 30.1 Å². The number of ether oxygens (including phenoxy) is 1. The van der Waals surface area contributed by atoms with Crippen LogP contribution in [0, 0.1) is 5.82 Å². The standard InChI is InChI=1S/C23H23ClFN3O2/c1-30-22-9-2-14(12-19(22)25)23(29)28-17-6-4-16(5-7-17)27-20-10-11-26-21-13-15(24)3-8-18(20)21/h2-3,8-13,16-17H,4-7H2,1H3,(H,26,27)(H,28,29)/t16-,17+. The Labute approximate surface area is 179 Å². The number of methoxy groups -OCH3 is 1. The second-order valence-electron chi connectivity index (χ2n) is 7.54. The topological polar surface area (TPSA) is 63.2 Å². The van der Waals surface area contributed by atoms with Crippen LogP contribution in [0.1, 0.15) is 36.0 Å². The monoisotopic (exact) mass is 427 g/mol. The molecule has 2 aromatic carbocycles. The molecule has 1 aromatic heterocycles. The van der Waals surface area contributed by atoms with Gasteiger partial charge in [-0.2, -0.15) is 0 Å². The smallest absolute Gasteiger partial charge is 0.251 e. The number of anilines is 1. The molecule has 0 aliphatic heterocycles. The molecule has 0 radical (unpaired) electrons. The number of benzene rings is 2. The molecular formula is C23H23ClFN3O2. The average molecular weight is 428 g/mol. The molecule has 2 N–H and O–H groups in total. The number of hydrogen-bond donors (Lipinski definition) is 2. The lowest BCUT2D eigenvalue weighted by Crippen LogP contribution is -2.40. The quantitative estimate of drug-likeness (QED) is 0.588. The third-order valence-corrected chi connectivity index (χ3v) is 5.78. The van der Waals surface area contributed by atoms with Gasteiger partial charge in [0.25, 0.3) is 5.91 Å². The van der Waals surface area contributed by atoms with Crippen molar-refractivity contribution in [2.45, 2.75) is 37.8 Å². The summed E-state index contributed by atoms with van der Waals surface area (Å²) in [7, 11) is 1.40. The Morgan fingerprint density at radius 2 is 1.87 bits per heavy atom. The second-order valence-corrected chi connectivity index (χ2v) is 7.97. The number of carbonyl (C=O) groups excluding carboxylic acids is 1. The summed E-state index contributed by atoms with van der Waals surface area (Å²) in [5, 5.41) is 8.34. The molecule has 3 aromatic rings. The zero-order valence-electron chi connectivity index (χ0n) is 16.6. The zero-order valence-corrected chi connectivity index (χ0v) is 17.4. The first-order valence-electron chi connectivity index (χ1n) is 9.98. The fourth-order valence-corrected chi connectivity index (χ4v) is 4.09. The molecule has 1 aliphatic rings. The minimum Gasteiger partial charge on any atom is -0.494 e. The zero-order chi connectivity index (χ0) is 21.1. The highest BCUT2D eigenvalue weighted by molar-refractivity contribution is 6.31. The Hall–Kier alpha value is -2.86. The number of aromatic nitrogens is 1. The number of rotatable bonds is 5. The van der Waals surface area contributed by atoms with Crippen molar-refractivity contribution >= 4 is 34.1 Å². The van der Waals surface area contributed by atoms with E-state index in [1.807, 2.05) is 24.3 Å². The van der Waals surface area contributed by atoms with E-state index in [1.165, 1.54) is 19.2 Å². The van der Waals surface area contributed by atoms with Crippen molar-refractivity contribution < 1.29 is 13.9 Å². The van der Waals surface area contributed by atoms with E-state index in [0.29, 0.717) is 16.6 Å². The third-order valence-electron chi connectivity index (χ3n) is 5.54. The van der Waals surface area contributed by atoms with Gasteiger partial charge < -0.3 is 15.4 Å². The van der Waals surface area contributed by atoms with Crippen LogP contribution in [-0.2, 0) is 0 Å². The van der Waals surface area contributed by atoms with Gasteiger partial charge in [-0.15, -0.1) is 0 Å². The Morgan fingerprint density at radius 1 is 1.10 bits per heavy atom. The Kier molecular flexibility index (Phi) is 6.04. The fourth-order valence-electron chi connectivity index (χ4n) is 3.93. The Morgan fingerprint density at radius 3 is 2.60 bits per heavy atom. The normalized spacial score (nSPS) is 18.8. The van der Waals surface area contributed by atoms with Crippen molar-refractivity contribution in [3.8, 4) is 5.75 Å². The number of pyridine rings is 1. The van der Waals surface area contributed by atoms with Gasteiger partial charge in [-0.25, -0.2) is 4.39 Å². The summed E-state index contributed by atoms with van der Waals surface area (Å²) >= 11 is 6.07. The maximum absolute atomic E-state index is 13.9. The van der Waals surface area contributed by atoms with Crippen LogP contribution < -0.4 is 15.4 Å². The fraction of sp³-hybridized carbons (Fsp3) is 0.304. The van der Waals surface area contributed by atoms with Gasteiger partial charge in [0.1, 0.15) is 0 Å². The molecule has 4 rings (SSSR count). The summed E-state index contributed by atoms with van der Waals surface area (Å²) in [6.07, 6.45) is 5.35. The van der Waals surface area contributed by atoms with Crippen molar-refractivity contribution in [3.05, 3.63) is 65.1 Å². The van der Waals surface area contributed by atoms with E-state index in [9.17, 15) is 9.18 Å². The minimum absolute atomic E-state index is 0.0775. The van der Waals surface area contributed by atoms with E-state index in [-0.39, 0.29) is 17.7 Å². The summed E-state index contributed by atoms with van der Waals surface area (Å²) in [6, 6.07) is 12.3. The summed E-state index contributed by atoms with van der Waals surface area (Å²) in [5.41, 5.74) is 2.20. The molecular weight excluding hydrogens is 405 g/mol. The molecule has 5 nitrogen and oxygen atoms in total. The molecule has 1 saturated carbocycles. The first-order valence-corrected chi connectivity index (χ1v) is 10.4. The molecule has 1 amide bonds. The number of amides is 1. The minimum atomic E-state index is -0.538. The lowest BCUT2D eigenvalue weighted by molar-refractivity contribution is 0.0926. The summed E-state index contributed by atoms with van der Waals surface area (Å²) in [4.78, 5) is 16.8. The van der Waals surface area contributed by atoms with E-state index >= 15 is 0 Å². The molecule has 0 atom stereocenters. The van der Waals surface area contributed by atoms with Gasteiger partial charge in [0.2, 0.25) is 0 Å². The van der Waals surface area contributed by atoms with Crippen molar-refractivity contribution in [1.29, 1.82) is 0 Å². The van der Waals surface area contributed by atoms with Crippen LogP contribution in [0.4, 0.5) is 10.1 Å². The van der Waals surface area contributed by atoms with Crippen LogP contribution in [0.3, 0.4) is 0 Å². The van der Waals surface area contributed by atoms with Crippen LogP contribution in [0.5, 0.6) is 5.75 Å². The average Bonchev–Trinajstić information content (AvgIpc) is 2.75. The van der Waals surface area contributed by atoms with Gasteiger partial charge in [0.05, 0.1) is 12.6 Å².